The highest BCUT2D eigenvalue weighted by Crippen LogP contribution is 2.46. The molecule has 3 aromatic carbocycles. The third-order valence-electron chi connectivity index (χ3n) is 15.9. The molecule has 4 aliphatic heterocycles. The van der Waals surface area contributed by atoms with Crippen molar-refractivity contribution in [3.8, 4) is 22.6 Å². The van der Waals surface area contributed by atoms with Gasteiger partial charge in [-0.05, 0) is 81.1 Å². The van der Waals surface area contributed by atoms with Gasteiger partial charge in [0.2, 0.25) is 39.6 Å². The van der Waals surface area contributed by atoms with Crippen molar-refractivity contribution in [3.63, 3.8) is 0 Å². The number of rotatable bonds is 25. The fourth-order valence-electron chi connectivity index (χ4n) is 11.4. The first-order valence-electron chi connectivity index (χ1n) is 28.6. The number of carbonyl (C=O) groups excluding carboxylic acids is 8. The van der Waals surface area contributed by atoms with Crippen molar-refractivity contribution in [1.29, 1.82) is 0 Å². The Kier molecular flexibility index (Phi) is 19.8. The highest BCUT2D eigenvalue weighted by molar-refractivity contribution is 14.1. The lowest BCUT2D eigenvalue weighted by Crippen LogP contribution is -2.52. The maximum absolute atomic E-state index is 14.2. The van der Waals surface area contributed by atoms with Gasteiger partial charge in [-0.25, -0.2) is 8.42 Å². The summed E-state index contributed by atoms with van der Waals surface area (Å²) in [5.41, 5.74) is 2.33. The number of aromatic nitrogens is 2. The first kappa shape index (κ1) is 62.3. The molecule has 0 bridgehead atoms. The quantitative estimate of drug-likeness (QED) is 0.0127. The van der Waals surface area contributed by atoms with Crippen molar-refractivity contribution in [3.05, 3.63) is 106 Å². The predicted molar refractivity (Wildman–Crippen MR) is 332 cm³/mol. The van der Waals surface area contributed by atoms with Crippen molar-refractivity contribution in [1.82, 2.24) is 45.5 Å². The molecule has 2 aromatic heterocycles. The van der Waals surface area contributed by atoms with Crippen molar-refractivity contribution in [2.75, 3.05) is 62.1 Å². The zero-order valence-electron chi connectivity index (χ0n) is 47.6. The Morgan fingerprint density at radius 2 is 1.58 bits per heavy atom. The molecule has 6 heterocycles. The number of para-hydroxylation sites is 1. The molecule has 0 spiro atoms. The number of nitrogens with one attached hydrogen (secondary N) is 7. The van der Waals surface area contributed by atoms with E-state index in [2.05, 4.69) is 79.9 Å². The van der Waals surface area contributed by atoms with Crippen LogP contribution in [-0.4, -0.2) is 147 Å². The third-order valence-corrected chi connectivity index (χ3v) is 18.5. The number of anilines is 2. The summed E-state index contributed by atoms with van der Waals surface area (Å²) in [6.45, 7) is 4.79. The minimum atomic E-state index is -3.98. The van der Waals surface area contributed by atoms with Crippen LogP contribution in [0.4, 0.5) is 11.4 Å². The molecular formula is C59H71IN11O12PS. The number of hydrogen-bond acceptors (Lipinski definition) is 14. The van der Waals surface area contributed by atoms with Crippen LogP contribution in [0.2, 0.25) is 0 Å². The van der Waals surface area contributed by atoms with Crippen molar-refractivity contribution < 1.29 is 51.5 Å². The maximum Gasteiger partial charge on any atom is 0.274 e. The van der Waals surface area contributed by atoms with Crippen LogP contribution in [0, 0.1) is 5.92 Å². The number of piperidine rings is 2. The van der Waals surface area contributed by atoms with E-state index in [0.29, 0.717) is 29.8 Å². The fraction of sp³-hybridized carbons (Fsp3) is 0.441. The second kappa shape index (κ2) is 27.0. The number of ether oxygens (including phenoxy) is 1. The maximum atomic E-state index is 14.2. The lowest BCUT2D eigenvalue weighted by molar-refractivity contribution is -0.140. The number of halogens is 1. The van der Waals surface area contributed by atoms with Crippen LogP contribution in [0.5, 0.6) is 11.5 Å². The van der Waals surface area contributed by atoms with Crippen LogP contribution in [0.1, 0.15) is 114 Å². The molecule has 452 valence electrons. The van der Waals surface area contributed by atoms with Crippen molar-refractivity contribution in [2.45, 2.75) is 99.3 Å². The fourth-order valence-corrected chi connectivity index (χ4v) is 13.3. The smallest absolute Gasteiger partial charge is 0.274 e. The average Bonchev–Trinajstić information content (AvgIpc) is 2.28. The number of imide groups is 2. The number of amides is 8. The zero-order chi connectivity index (χ0) is 60.7. The van der Waals surface area contributed by atoms with E-state index < -0.39 is 54.3 Å². The van der Waals surface area contributed by atoms with Crippen LogP contribution in [0.15, 0.2) is 77.7 Å². The Hall–Kier alpha value is -7.22. The molecule has 26 heteroatoms. The molecule has 0 aliphatic carbocycles. The van der Waals surface area contributed by atoms with Crippen LogP contribution >= 0.6 is 31.8 Å². The summed E-state index contributed by atoms with van der Waals surface area (Å²) in [5, 5.41) is 14.7. The highest BCUT2D eigenvalue weighted by Gasteiger charge is 2.47. The number of aryl methyl sites for hydroxylation is 1. The van der Waals surface area contributed by atoms with Crippen LogP contribution in [-0.2, 0) is 47.6 Å². The van der Waals surface area contributed by atoms with Crippen LogP contribution in [0.3, 0.4) is 0 Å². The number of pyridine rings is 1. The molecule has 9 rings (SSSR count). The third kappa shape index (κ3) is 14.9. The Morgan fingerprint density at radius 3 is 2.31 bits per heavy atom. The summed E-state index contributed by atoms with van der Waals surface area (Å²) in [6.07, 6.45) is 8.91. The number of hydrogen-bond donors (Lipinski definition) is 7. The molecule has 7 N–H and O–H groups in total. The van der Waals surface area contributed by atoms with E-state index in [1.807, 2.05) is 12.1 Å². The van der Waals surface area contributed by atoms with E-state index >= 15 is 0 Å². The summed E-state index contributed by atoms with van der Waals surface area (Å²) >= 11 is 2.24. The van der Waals surface area contributed by atoms with Gasteiger partial charge in [0.15, 0.2) is 0 Å². The molecule has 0 radical (unpaired) electrons. The molecule has 4 unspecified atom stereocenters. The summed E-state index contributed by atoms with van der Waals surface area (Å²) in [7, 11) is 0.284. The summed E-state index contributed by atoms with van der Waals surface area (Å²) in [5.74, 6) is -3.16. The standard InChI is InChI=1S/C59H71IN11O12PS/c1-4-5-9-21-59(60,84)43-32-51(74)70(57(43)79)28-20-49(72)61-23-24-63-54(76)46-30-39-41(33-68(2)58(80)52(39)65-46)38-29-45(67-85(3,81)82)40(31-48(38)83-36-12-7-6-8-13-36)53(75)62-22-11-25-69-26-18-35(19-27-69)64-44-15-10-14-37-42(44)34-71(56(37)78)47-16-17-50(73)66-55(47)77/h6-8,10,12-15,29-31,33,35,43,47,64-65,67H,4-5,9,11,16-28,32,34,84H2,1-3H3,(H,61,72)(H,62,75)(H,63,76)(H,66,73,77). The first-order valence-corrected chi connectivity index (χ1v) is 32.2. The van der Waals surface area contributed by atoms with E-state index in [1.54, 1.807) is 41.3 Å². The van der Waals surface area contributed by atoms with Crippen LogP contribution < -0.4 is 41.6 Å². The Bertz CT molecular complexity index is 3610. The lowest BCUT2D eigenvalue weighted by Gasteiger charge is -2.33. The number of carbonyl (C=O) groups is 8. The van der Waals surface area contributed by atoms with Gasteiger partial charge in [-0.1, -0.05) is 73.0 Å². The normalized spacial score (nSPS) is 18.3. The van der Waals surface area contributed by atoms with Crippen LogP contribution in [0.25, 0.3) is 22.0 Å². The second-order valence-corrected chi connectivity index (χ2v) is 28.1. The van der Waals surface area contributed by atoms with E-state index in [4.69, 9.17) is 4.74 Å². The number of benzene rings is 3. The molecule has 5 aromatic rings. The van der Waals surface area contributed by atoms with Gasteiger partial charge in [0, 0.05) is 121 Å². The number of unbranched alkanes of at least 4 members (excludes halogenated alkanes) is 2. The largest absolute Gasteiger partial charge is 0.457 e. The zero-order valence-corrected chi connectivity index (χ0v) is 51.8. The van der Waals surface area contributed by atoms with Gasteiger partial charge in [-0.2, -0.15) is 0 Å². The summed E-state index contributed by atoms with van der Waals surface area (Å²) in [4.78, 5) is 126. The average molecular weight is 1320 g/mol. The molecule has 4 atom stereocenters. The Morgan fingerprint density at radius 1 is 0.835 bits per heavy atom. The van der Waals surface area contributed by atoms with Gasteiger partial charge < -0.3 is 45.4 Å². The summed E-state index contributed by atoms with van der Waals surface area (Å²) < 4.78 is 35.7. The van der Waals surface area contributed by atoms with Crippen molar-refractivity contribution >= 4 is 111 Å². The minimum Gasteiger partial charge on any atom is -0.457 e. The van der Waals surface area contributed by atoms with E-state index in [0.717, 1.165) is 74.0 Å². The van der Waals surface area contributed by atoms with Gasteiger partial charge in [0.1, 0.15) is 28.8 Å². The number of nitrogens with zero attached hydrogens (tertiary/aromatic N) is 4. The van der Waals surface area contributed by atoms with Crippen molar-refractivity contribution in [2.24, 2.45) is 13.0 Å². The second-order valence-electron chi connectivity index (χ2n) is 22.1. The number of likely N-dealkylation sites (tertiary alicyclic amines) is 2. The molecule has 3 fully saturated rings. The first-order chi connectivity index (χ1) is 40.6. The van der Waals surface area contributed by atoms with Gasteiger partial charge in [-0.3, -0.25) is 58.1 Å². The number of fused-ring (bicyclic) bond motifs is 2. The number of H-pyrrole nitrogens is 1. The molecule has 23 nitrogen and oxygen atoms in total. The molecule has 85 heavy (non-hydrogen) atoms. The topological polar surface area (TPSA) is 300 Å². The molecule has 8 amide bonds. The molecule has 4 aliphatic rings. The Labute approximate surface area is 508 Å². The molecule has 3 saturated heterocycles. The lowest BCUT2D eigenvalue weighted by atomic mass is 9.98. The van der Waals surface area contributed by atoms with Gasteiger partial charge in [0.25, 0.3) is 23.3 Å². The van der Waals surface area contributed by atoms with Gasteiger partial charge in [-0.15, -0.1) is 9.24 Å². The van der Waals surface area contributed by atoms with Gasteiger partial charge in [0.05, 0.1) is 23.4 Å². The minimum absolute atomic E-state index is 0.00738. The number of alkyl halides is 1. The predicted octanol–water partition coefficient (Wildman–Crippen LogP) is 5.35. The van der Waals surface area contributed by atoms with E-state index in [9.17, 15) is 51.6 Å². The number of sulfonamides is 1. The monoisotopic (exact) mass is 1320 g/mol. The highest BCUT2D eigenvalue weighted by atomic mass is 127. The Balaban J connectivity index is 0.829. The number of aromatic amines is 1. The molecular weight excluding hydrogens is 1240 g/mol. The SMILES string of the molecule is CCCCCC(P)(I)C1CC(=O)N(CCC(=O)NCCNC(=O)c2cc3c(-c4cc(NS(C)(=O)=O)c(C(=O)NCCCN5CCC(Nc6cccc7c6CN(C6CCC(=O)NC6=O)C7=O)CC5)cc4Oc4ccccc4)cn(C)c(=O)c3[nH]2)C1=O. The summed E-state index contributed by atoms with van der Waals surface area (Å²) in [6, 6.07) is 18.1. The van der Waals surface area contributed by atoms with Gasteiger partial charge >= 0.3 is 0 Å². The van der Waals surface area contributed by atoms with E-state index in [1.165, 1.54) is 36.0 Å². The molecule has 0 saturated carbocycles. The van der Waals surface area contributed by atoms with E-state index in [-0.39, 0.29) is 127 Å².